The molecule has 2 saturated heterocycles. The highest BCUT2D eigenvalue weighted by atomic mass is 32.2. The summed E-state index contributed by atoms with van der Waals surface area (Å²) in [6, 6.07) is 1.75. The number of thioether (sulfide) groups is 1. The third-order valence-electron chi connectivity index (χ3n) is 1.97. The van der Waals surface area contributed by atoms with E-state index < -0.39 is 0 Å². The van der Waals surface area contributed by atoms with E-state index in [2.05, 4.69) is 17.1 Å². The molecule has 2 fully saturated rings. The van der Waals surface area contributed by atoms with Crippen LogP contribution in [0.1, 0.15) is 12.8 Å². The fourth-order valence-electron chi connectivity index (χ4n) is 1.52. The number of hydrogen-bond acceptors (Lipinski definition) is 2. The highest BCUT2D eigenvalue weighted by molar-refractivity contribution is 7.99. The molecule has 2 rings (SSSR count). The van der Waals surface area contributed by atoms with Crippen LogP contribution in [0.3, 0.4) is 0 Å². The molecule has 46 valence electrons. The smallest absolute Gasteiger partial charge is 0.0161 e. The first-order chi connectivity index (χ1) is 3.95. The van der Waals surface area contributed by atoms with Crippen LogP contribution in [0.25, 0.3) is 0 Å². The van der Waals surface area contributed by atoms with Gasteiger partial charge in [0.25, 0.3) is 0 Å². The van der Waals surface area contributed by atoms with Gasteiger partial charge in [-0.2, -0.15) is 11.8 Å². The predicted molar refractivity (Wildman–Crippen MR) is 37.3 cm³/mol. The van der Waals surface area contributed by atoms with E-state index in [1.54, 1.807) is 0 Å². The van der Waals surface area contributed by atoms with Gasteiger partial charge in [0.2, 0.25) is 0 Å². The molecule has 2 heterocycles. The second kappa shape index (κ2) is 1.92. The number of hydrogen-bond donors (Lipinski definition) is 1. The van der Waals surface area contributed by atoms with Crippen LogP contribution < -0.4 is 5.32 Å². The lowest BCUT2D eigenvalue weighted by molar-refractivity contribution is 0.592. The monoisotopic (exact) mass is 129 g/mol. The minimum Gasteiger partial charge on any atom is -0.310 e. The lowest BCUT2D eigenvalue weighted by Crippen LogP contribution is -2.36. The Bertz CT molecular complexity index is 80.5. The average Bonchev–Trinajstić information content (AvgIpc) is 2.12. The Balaban J connectivity index is 2.03. The maximum absolute atomic E-state index is 3.57. The summed E-state index contributed by atoms with van der Waals surface area (Å²) >= 11 is 2.11. The highest BCUT2D eigenvalue weighted by Gasteiger charge is 2.27. The van der Waals surface area contributed by atoms with Crippen molar-refractivity contribution >= 4 is 11.8 Å². The van der Waals surface area contributed by atoms with Gasteiger partial charge in [0.05, 0.1) is 0 Å². The summed E-state index contributed by atoms with van der Waals surface area (Å²) in [5, 5.41) is 3.57. The van der Waals surface area contributed by atoms with Gasteiger partial charge >= 0.3 is 0 Å². The number of nitrogens with one attached hydrogen (secondary N) is 1. The van der Waals surface area contributed by atoms with Crippen LogP contribution in [-0.4, -0.2) is 23.6 Å². The molecular weight excluding hydrogens is 118 g/mol. The van der Waals surface area contributed by atoms with Crippen molar-refractivity contribution in [3.05, 3.63) is 0 Å². The van der Waals surface area contributed by atoms with Gasteiger partial charge in [-0.15, -0.1) is 0 Å². The van der Waals surface area contributed by atoms with E-state index in [0.717, 1.165) is 12.1 Å². The van der Waals surface area contributed by atoms with Gasteiger partial charge in [-0.3, -0.25) is 0 Å². The summed E-state index contributed by atoms with van der Waals surface area (Å²) in [5.74, 6) is 2.72. The summed E-state index contributed by atoms with van der Waals surface area (Å²) in [7, 11) is 0. The zero-order valence-electron chi connectivity index (χ0n) is 4.89. The van der Waals surface area contributed by atoms with Crippen molar-refractivity contribution in [3.8, 4) is 0 Å². The van der Waals surface area contributed by atoms with Crippen molar-refractivity contribution in [2.24, 2.45) is 0 Å². The van der Waals surface area contributed by atoms with Crippen molar-refractivity contribution in [2.75, 3.05) is 11.5 Å². The quantitative estimate of drug-likeness (QED) is 0.520. The lowest BCUT2D eigenvalue weighted by Gasteiger charge is -2.19. The first kappa shape index (κ1) is 5.12. The topological polar surface area (TPSA) is 12.0 Å². The van der Waals surface area contributed by atoms with Crippen molar-refractivity contribution in [3.63, 3.8) is 0 Å². The molecule has 2 atom stereocenters. The summed E-state index contributed by atoms with van der Waals surface area (Å²) in [6.45, 7) is 0. The Morgan fingerprint density at radius 3 is 2.25 bits per heavy atom. The van der Waals surface area contributed by atoms with Crippen molar-refractivity contribution in [1.29, 1.82) is 0 Å². The lowest BCUT2D eigenvalue weighted by atomic mass is 10.2. The summed E-state index contributed by atoms with van der Waals surface area (Å²) in [5.41, 5.74) is 0. The van der Waals surface area contributed by atoms with Crippen molar-refractivity contribution in [1.82, 2.24) is 5.32 Å². The van der Waals surface area contributed by atoms with Gasteiger partial charge in [0.1, 0.15) is 0 Å². The zero-order chi connectivity index (χ0) is 5.40. The zero-order valence-corrected chi connectivity index (χ0v) is 5.71. The minimum atomic E-state index is 0.874. The molecule has 0 saturated carbocycles. The largest absolute Gasteiger partial charge is 0.310 e. The fraction of sp³-hybridized carbons (Fsp3) is 1.00. The highest BCUT2D eigenvalue weighted by Crippen LogP contribution is 2.24. The maximum atomic E-state index is 3.57. The first-order valence-electron chi connectivity index (χ1n) is 3.29. The van der Waals surface area contributed by atoms with Crippen LogP contribution in [0.2, 0.25) is 0 Å². The van der Waals surface area contributed by atoms with Crippen LogP contribution in [-0.2, 0) is 0 Å². The number of fused-ring (bicyclic) bond motifs is 2. The fourth-order valence-corrected chi connectivity index (χ4v) is 2.75. The van der Waals surface area contributed by atoms with E-state index in [4.69, 9.17) is 0 Å². The first-order valence-corrected chi connectivity index (χ1v) is 4.44. The molecule has 2 unspecified atom stereocenters. The van der Waals surface area contributed by atoms with E-state index in [-0.39, 0.29) is 0 Å². The summed E-state index contributed by atoms with van der Waals surface area (Å²) in [6.07, 6.45) is 2.86. The molecule has 2 aliphatic heterocycles. The molecule has 2 aliphatic rings. The molecule has 0 aromatic carbocycles. The minimum absolute atomic E-state index is 0.874. The Morgan fingerprint density at radius 1 is 1.12 bits per heavy atom. The van der Waals surface area contributed by atoms with Crippen molar-refractivity contribution in [2.45, 2.75) is 24.9 Å². The van der Waals surface area contributed by atoms with Crippen LogP contribution in [0.15, 0.2) is 0 Å². The standard InChI is InChI=1S/C6H11NS/c1-2-6-4-8-3-5(1)7-6/h5-7H,1-4H2. The van der Waals surface area contributed by atoms with Crippen LogP contribution in [0.4, 0.5) is 0 Å². The molecule has 1 nitrogen and oxygen atoms in total. The SMILES string of the molecule is C1CC2CSCC1N2. The van der Waals surface area contributed by atoms with E-state index in [1.807, 2.05) is 0 Å². The summed E-state index contributed by atoms with van der Waals surface area (Å²) in [4.78, 5) is 0. The Hall–Kier alpha value is 0.310. The molecule has 8 heavy (non-hydrogen) atoms. The van der Waals surface area contributed by atoms with E-state index >= 15 is 0 Å². The van der Waals surface area contributed by atoms with Crippen LogP contribution in [0, 0.1) is 0 Å². The molecule has 0 aromatic heterocycles. The molecule has 0 aromatic rings. The molecule has 1 N–H and O–H groups in total. The van der Waals surface area contributed by atoms with E-state index in [1.165, 1.54) is 24.3 Å². The normalized spacial score (nSPS) is 45.0. The number of rotatable bonds is 0. The van der Waals surface area contributed by atoms with Gasteiger partial charge in [-0.1, -0.05) is 0 Å². The van der Waals surface area contributed by atoms with Gasteiger partial charge < -0.3 is 5.32 Å². The summed E-state index contributed by atoms with van der Waals surface area (Å²) < 4.78 is 0. The Labute approximate surface area is 54.2 Å². The molecule has 2 heteroatoms. The van der Waals surface area contributed by atoms with Crippen molar-refractivity contribution < 1.29 is 0 Å². The van der Waals surface area contributed by atoms with E-state index in [9.17, 15) is 0 Å². The van der Waals surface area contributed by atoms with Gasteiger partial charge in [0.15, 0.2) is 0 Å². The average molecular weight is 129 g/mol. The Kier molecular flexibility index (Phi) is 1.23. The molecule has 0 aliphatic carbocycles. The molecule has 0 spiro atoms. The van der Waals surface area contributed by atoms with Gasteiger partial charge in [-0.05, 0) is 12.8 Å². The van der Waals surface area contributed by atoms with E-state index in [0.29, 0.717) is 0 Å². The predicted octanol–water partition coefficient (Wildman–Crippen LogP) is 0.854. The molecule has 0 radical (unpaired) electrons. The maximum Gasteiger partial charge on any atom is 0.0161 e. The van der Waals surface area contributed by atoms with Crippen LogP contribution >= 0.6 is 11.8 Å². The molecule has 0 amide bonds. The third kappa shape index (κ3) is 0.759. The third-order valence-corrected chi connectivity index (χ3v) is 3.25. The van der Waals surface area contributed by atoms with Gasteiger partial charge in [0, 0.05) is 23.6 Å². The second-order valence-electron chi connectivity index (χ2n) is 2.68. The molecule has 2 bridgehead atoms. The Morgan fingerprint density at radius 2 is 1.75 bits per heavy atom. The van der Waals surface area contributed by atoms with Crippen LogP contribution in [0.5, 0.6) is 0 Å². The van der Waals surface area contributed by atoms with Gasteiger partial charge in [-0.25, -0.2) is 0 Å². The second-order valence-corrected chi connectivity index (χ2v) is 3.75. The molecular formula is C6H11NS.